The first kappa shape index (κ1) is 14.8. The van der Waals surface area contributed by atoms with Crippen molar-refractivity contribution in [2.75, 3.05) is 18.4 Å². The van der Waals surface area contributed by atoms with Crippen molar-refractivity contribution in [3.05, 3.63) is 35.2 Å². The number of aryl methyl sites for hydroxylation is 1. The summed E-state index contributed by atoms with van der Waals surface area (Å²) in [6, 6.07) is 1.66. The molecule has 0 bridgehead atoms. The van der Waals surface area contributed by atoms with Crippen molar-refractivity contribution in [1.29, 1.82) is 0 Å². The highest BCUT2D eigenvalue weighted by atomic mass is 32.1. The molecule has 0 unspecified atom stereocenters. The summed E-state index contributed by atoms with van der Waals surface area (Å²) < 4.78 is 4.94. The van der Waals surface area contributed by atoms with E-state index in [0.29, 0.717) is 36.6 Å². The molecule has 22 heavy (non-hydrogen) atoms. The van der Waals surface area contributed by atoms with Gasteiger partial charge in [-0.25, -0.2) is 4.98 Å². The van der Waals surface area contributed by atoms with Gasteiger partial charge >= 0.3 is 0 Å². The van der Waals surface area contributed by atoms with Crippen LogP contribution in [0.15, 0.2) is 28.4 Å². The van der Waals surface area contributed by atoms with E-state index in [1.54, 1.807) is 11.0 Å². The number of amides is 2. The second-order valence-corrected chi connectivity index (χ2v) is 6.22. The molecule has 0 spiro atoms. The van der Waals surface area contributed by atoms with E-state index in [2.05, 4.69) is 10.3 Å². The summed E-state index contributed by atoms with van der Waals surface area (Å²) in [4.78, 5) is 30.4. The molecular formula is C15H17N3O3S. The third-order valence-corrected chi connectivity index (χ3v) is 4.65. The number of anilines is 1. The maximum atomic E-state index is 12.2. The van der Waals surface area contributed by atoms with Gasteiger partial charge in [0.25, 0.3) is 5.91 Å². The average molecular weight is 319 g/mol. The number of carbonyl (C=O) groups is 2. The van der Waals surface area contributed by atoms with Crippen molar-refractivity contribution in [2.45, 2.75) is 19.8 Å². The molecule has 2 amide bonds. The standard InChI is InChI=1S/C15H17N3O3S/c1-10-9-22-15(16-10)17-13(19)11-2-5-18(6-3-11)14(20)12-4-7-21-8-12/h4,7-9,11H,2-3,5-6H2,1H3,(H,16,17,19). The minimum Gasteiger partial charge on any atom is -0.472 e. The number of thiazole rings is 1. The fourth-order valence-corrected chi connectivity index (χ4v) is 3.22. The Hall–Kier alpha value is -2.15. The van der Waals surface area contributed by atoms with Gasteiger partial charge in [0.15, 0.2) is 5.13 Å². The van der Waals surface area contributed by atoms with E-state index < -0.39 is 0 Å². The number of rotatable bonds is 3. The Kier molecular flexibility index (Phi) is 4.24. The fourth-order valence-electron chi connectivity index (χ4n) is 2.53. The van der Waals surface area contributed by atoms with Gasteiger partial charge in [-0.1, -0.05) is 0 Å². The summed E-state index contributed by atoms with van der Waals surface area (Å²) >= 11 is 1.43. The van der Waals surface area contributed by atoms with Gasteiger partial charge in [-0.3, -0.25) is 9.59 Å². The van der Waals surface area contributed by atoms with Crippen LogP contribution in [0.2, 0.25) is 0 Å². The smallest absolute Gasteiger partial charge is 0.257 e. The number of piperidine rings is 1. The second-order valence-electron chi connectivity index (χ2n) is 5.36. The van der Waals surface area contributed by atoms with Crippen LogP contribution in [0, 0.1) is 12.8 Å². The SMILES string of the molecule is Cc1csc(NC(=O)C2CCN(C(=O)c3ccoc3)CC2)n1. The summed E-state index contributed by atoms with van der Waals surface area (Å²) in [6.45, 7) is 3.06. The molecule has 1 fully saturated rings. The van der Waals surface area contributed by atoms with Crippen molar-refractivity contribution in [3.8, 4) is 0 Å². The lowest BCUT2D eigenvalue weighted by Crippen LogP contribution is -2.41. The molecule has 1 N–H and O–H groups in total. The summed E-state index contributed by atoms with van der Waals surface area (Å²) in [5.41, 5.74) is 1.46. The predicted octanol–water partition coefficient (Wildman–Crippen LogP) is 2.54. The molecule has 1 saturated heterocycles. The molecular weight excluding hydrogens is 302 g/mol. The van der Waals surface area contributed by atoms with Crippen molar-refractivity contribution in [3.63, 3.8) is 0 Å². The Bertz CT molecular complexity index is 657. The average Bonchev–Trinajstić information content (AvgIpc) is 3.18. The van der Waals surface area contributed by atoms with Gasteiger partial charge < -0.3 is 14.6 Å². The number of hydrogen-bond donors (Lipinski definition) is 1. The third-order valence-electron chi connectivity index (χ3n) is 3.77. The highest BCUT2D eigenvalue weighted by Crippen LogP contribution is 2.22. The van der Waals surface area contributed by atoms with Gasteiger partial charge in [0.05, 0.1) is 17.5 Å². The van der Waals surface area contributed by atoms with Gasteiger partial charge in [-0.05, 0) is 25.8 Å². The van der Waals surface area contributed by atoms with Gasteiger partial charge in [0.2, 0.25) is 5.91 Å². The third kappa shape index (κ3) is 3.19. The predicted molar refractivity (Wildman–Crippen MR) is 82.8 cm³/mol. The molecule has 2 aromatic heterocycles. The lowest BCUT2D eigenvalue weighted by atomic mass is 9.95. The molecule has 0 saturated carbocycles. The molecule has 116 valence electrons. The van der Waals surface area contributed by atoms with E-state index in [4.69, 9.17) is 4.42 Å². The highest BCUT2D eigenvalue weighted by molar-refractivity contribution is 7.13. The van der Waals surface area contributed by atoms with Gasteiger partial charge in [0.1, 0.15) is 6.26 Å². The van der Waals surface area contributed by atoms with Crippen molar-refractivity contribution in [2.24, 2.45) is 5.92 Å². The Morgan fingerprint density at radius 2 is 2.18 bits per heavy atom. The van der Waals surface area contributed by atoms with Crippen LogP contribution in [0.1, 0.15) is 28.9 Å². The van der Waals surface area contributed by atoms with Crippen LogP contribution in [0.25, 0.3) is 0 Å². The van der Waals surface area contributed by atoms with E-state index in [1.807, 2.05) is 12.3 Å². The maximum absolute atomic E-state index is 12.2. The van der Waals surface area contributed by atoms with E-state index in [9.17, 15) is 9.59 Å². The first-order valence-electron chi connectivity index (χ1n) is 7.18. The van der Waals surface area contributed by atoms with E-state index in [1.165, 1.54) is 23.9 Å². The number of likely N-dealkylation sites (tertiary alicyclic amines) is 1. The van der Waals surface area contributed by atoms with E-state index in [-0.39, 0.29) is 17.7 Å². The van der Waals surface area contributed by atoms with E-state index in [0.717, 1.165) is 5.69 Å². The van der Waals surface area contributed by atoms with Crippen LogP contribution >= 0.6 is 11.3 Å². The lowest BCUT2D eigenvalue weighted by molar-refractivity contribution is -0.121. The molecule has 3 rings (SSSR count). The van der Waals surface area contributed by atoms with Gasteiger partial charge in [-0.2, -0.15) is 0 Å². The highest BCUT2D eigenvalue weighted by Gasteiger charge is 2.28. The van der Waals surface area contributed by atoms with Crippen LogP contribution in [-0.2, 0) is 4.79 Å². The Morgan fingerprint density at radius 1 is 1.41 bits per heavy atom. The molecule has 0 aliphatic carbocycles. The van der Waals surface area contributed by atoms with E-state index >= 15 is 0 Å². The fraction of sp³-hybridized carbons (Fsp3) is 0.400. The zero-order valence-electron chi connectivity index (χ0n) is 12.2. The number of nitrogens with zero attached hydrogens (tertiary/aromatic N) is 2. The Morgan fingerprint density at radius 3 is 2.77 bits per heavy atom. The lowest BCUT2D eigenvalue weighted by Gasteiger charge is -2.30. The normalized spacial score (nSPS) is 15.8. The Balaban J connectivity index is 1.53. The molecule has 0 aromatic carbocycles. The van der Waals surface area contributed by atoms with Gasteiger partial charge in [0, 0.05) is 24.4 Å². The van der Waals surface area contributed by atoms with Crippen LogP contribution < -0.4 is 5.32 Å². The molecule has 0 atom stereocenters. The number of carbonyl (C=O) groups excluding carboxylic acids is 2. The molecule has 1 aliphatic heterocycles. The molecule has 1 aliphatic rings. The molecule has 6 nitrogen and oxygen atoms in total. The summed E-state index contributed by atoms with van der Waals surface area (Å²) in [6.07, 6.45) is 4.27. The van der Waals surface area contributed by atoms with Crippen molar-refractivity contribution >= 4 is 28.3 Å². The number of hydrogen-bond acceptors (Lipinski definition) is 5. The van der Waals surface area contributed by atoms with Crippen molar-refractivity contribution in [1.82, 2.24) is 9.88 Å². The number of nitrogens with one attached hydrogen (secondary N) is 1. The van der Waals surface area contributed by atoms with Crippen LogP contribution in [0.5, 0.6) is 0 Å². The molecule has 2 aromatic rings. The summed E-state index contributed by atoms with van der Waals surface area (Å²) in [5, 5.41) is 5.40. The first-order chi connectivity index (χ1) is 10.6. The first-order valence-corrected chi connectivity index (χ1v) is 8.06. The van der Waals surface area contributed by atoms with Crippen LogP contribution in [0.4, 0.5) is 5.13 Å². The second kappa shape index (κ2) is 6.31. The molecule has 7 heteroatoms. The monoisotopic (exact) mass is 319 g/mol. The number of furan rings is 1. The zero-order chi connectivity index (χ0) is 15.5. The zero-order valence-corrected chi connectivity index (χ0v) is 13.1. The molecule has 3 heterocycles. The van der Waals surface area contributed by atoms with Crippen LogP contribution in [0.3, 0.4) is 0 Å². The minimum atomic E-state index is -0.0717. The molecule has 0 radical (unpaired) electrons. The summed E-state index contributed by atoms with van der Waals surface area (Å²) in [5.74, 6) is -0.120. The largest absolute Gasteiger partial charge is 0.472 e. The quantitative estimate of drug-likeness (QED) is 0.943. The maximum Gasteiger partial charge on any atom is 0.257 e. The topological polar surface area (TPSA) is 75.4 Å². The Labute approximate surface area is 132 Å². The van der Waals surface area contributed by atoms with Gasteiger partial charge in [-0.15, -0.1) is 11.3 Å². The van der Waals surface area contributed by atoms with Crippen molar-refractivity contribution < 1.29 is 14.0 Å². The summed E-state index contributed by atoms with van der Waals surface area (Å²) in [7, 11) is 0. The van der Waals surface area contributed by atoms with Crippen LogP contribution in [-0.4, -0.2) is 34.8 Å². The minimum absolute atomic E-state index is 0.00948. The number of aromatic nitrogens is 1.